The molecule has 0 spiro atoms. The number of guanidine groups is 1. The fourth-order valence-electron chi connectivity index (χ4n) is 2.59. The molecule has 1 heterocycles. The fraction of sp³-hybridized carbons (Fsp3) is 0.529. The topological polar surface area (TPSA) is 66.0 Å². The van der Waals surface area contributed by atoms with E-state index in [-0.39, 0.29) is 35.9 Å². The number of carbonyl (C=O) groups excluding carboxylic acids is 1. The third-order valence-corrected chi connectivity index (χ3v) is 4.41. The van der Waals surface area contributed by atoms with Crippen LogP contribution < -0.4 is 15.4 Å². The largest absolute Gasteiger partial charge is 0.492 e. The van der Waals surface area contributed by atoms with E-state index in [9.17, 15) is 4.79 Å². The van der Waals surface area contributed by atoms with Crippen molar-refractivity contribution < 1.29 is 9.53 Å². The van der Waals surface area contributed by atoms with E-state index in [1.54, 1.807) is 7.05 Å². The first kappa shape index (κ1) is 22.0. The van der Waals surface area contributed by atoms with Gasteiger partial charge < -0.3 is 20.3 Å². The Morgan fingerprint density at radius 2 is 2.12 bits per heavy atom. The van der Waals surface area contributed by atoms with Gasteiger partial charge in [-0.25, -0.2) is 0 Å². The van der Waals surface area contributed by atoms with Crippen LogP contribution in [0.1, 0.15) is 19.8 Å². The Kier molecular flexibility index (Phi) is 10.2. The van der Waals surface area contributed by atoms with Crippen molar-refractivity contribution in [2.75, 3.05) is 33.3 Å². The molecule has 8 heteroatoms. The van der Waals surface area contributed by atoms with Gasteiger partial charge in [-0.1, -0.05) is 22.9 Å². The minimum Gasteiger partial charge on any atom is -0.492 e. The van der Waals surface area contributed by atoms with E-state index in [1.807, 2.05) is 36.1 Å². The number of benzene rings is 1. The van der Waals surface area contributed by atoms with Crippen LogP contribution in [0.3, 0.4) is 0 Å². The highest BCUT2D eigenvalue weighted by atomic mass is 127. The number of nitrogens with one attached hydrogen (secondary N) is 2. The molecule has 1 atom stereocenters. The van der Waals surface area contributed by atoms with E-state index in [0.29, 0.717) is 19.6 Å². The molecule has 140 valence electrons. The van der Waals surface area contributed by atoms with E-state index in [1.165, 1.54) is 0 Å². The number of carbonyl (C=O) groups is 1. The summed E-state index contributed by atoms with van der Waals surface area (Å²) >= 11 is 3.40. The zero-order chi connectivity index (χ0) is 17.4. The number of nitrogens with zero attached hydrogens (tertiary/aromatic N) is 2. The molecule has 1 aliphatic rings. The molecule has 25 heavy (non-hydrogen) atoms. The van der Waals surface area contributed by atoms with E-state index in [4.69, 9.17) is 4.74 Å². The van der Waals surface area contributed by atoms with Crippen molar-refractivity contribution in [3.05, 3.63) is 28.7 Å². The molecule has 1 saturated heterocycles. The second-order valence-corrected chi connectivity index (χ2v) is 6.54. The number of likely N-dealkylation sites (tertiary alicyclic amines) is 1. The maximum absolute atomic E-state index is 11.7. The van der Waals surface area contributed by atoms with Crippen LogP contribution >= 0.6 is 39.9 Å². The van der Waals surface area contributed by atoms with Crippen LogP contribution in [0, 0.1) is 0 Å². The van der Waals surface area contributed by atoms with Gasteiger partial charge in [0.2, 0.25) is 5.91 Å². The number of halogens is 2. The van der Waals surface area contributed by atoms with E-state index in [2.05, 4.69) is 31.6 Å². The van der Waals surface area contributed by atoms with Crippen LogP contribution in [0.2, 0.25) is 0 Å². The minimum atomic E-state index is 0. The van der Waals surface area contributed by atoms with Crippen LogP contribution in [0.4, 0.5) is 0 Å². The molecule has 2 rings (SSSR count). The summed E-state index contributed by atoms with van der Waals surface area (Å²) in [6.07, 6.45) is 1.51. The first-order chi connectivity index (χ1) is 11.6. The average Bonchev–Trinajstić information content (AvgIpc) is 3.07. The van der Waals surface area contributed by atoms with Crippen molar-refractivity contribution in [2.24, 2.45) is 4.99 Å². The van der Waals surface area contributed by atoms with Crippen LogP contribution in [0.15, 0.2) is 33.7 Å². The highest BCUT2D eigenvalue weighted by Crippen LogP contribution is 2.15. The molecule has 1 aromatic rings. The molecular formula is C17H26BrIN4O2. The fourth-order valence-corrected chi connectivity index (χ4v) is 2.85. The molecule has 0 aromatic heterocycles. The summed E-state index contributed by atoms with van der Waals surface area (Å²) in [7, 11) is 1.74. The Labute approximate surface area is 174 Å². The van der Waals surface area contributed by atoms with Gasteiger partial charge in [0.15, 0.2) is 5.96 Å². The summed E-state index contributed by atoms with van der Waals surface area (Å²) in [6, 6.07) is 8.00. The van der Waals surface area contributed by atoms with Crippen molar-refractivity contribution in [1.82, 2.24) is 15.5 Å². The zero-order valence-corrected chi connectivity index (χ0v) is 18.5. The van der Waals surface area contributed by atoms with Crippen molar-refractivity contribution in [3.8, 4) is 5.75 Å². The predicted octanol–water partition coefficient (Wildman–Crippen LogP) is 2.62. The Bertz CT molecular complexity index is 568. The van der Waals surface area contributed by atoms with Crippen molar-refractivity contribution in [1.29, 1.82) is 0 Å². The van der Waals surface area contributed by atoms with Crippen LogP contribution in [-0.2, 0) is 4.79 Å². The van der Waals surface area contributed by atoms with Gasteiger partial charge in [0.1, 0.15) is 12.4 Å². The highest BCUT2D eigenvalue weighted by molar-refractivity contribution is 14.0. The van der Waals surface area contributed by atoms with Crippen molar-refractivity contribution in [3.63, 3.8) is 0 Å². The normalized spacial score (nSPS) is 17.0. The second-order valence-electron chi connectivity index (χ2n) is 5.62. The Hall–Kier alpha value is -1.03. The van der Waals surface area contributed by atoms with E-state index < -0.39 is 0 Å². The first-order valence-electron chi connectivity index (χ1n) is 8.25. The van der Waals surface area contributed by atoms with Gasteiger partial charge in [0.25, 0.3) is 0 Å². The standard InChI is InChI=1S/C17H25BrN4O2.HI/c1-3-16(23)22-10-8-14(12-22)21-17(19-2)20-9-11-24-15-6-4-13(18)5-7-15;/h4-7,14H,3,8-12H2,1-2H3,(H2,19,20,21);1H. The number of hydrogen-bond acceptors (Lipinski definition) is 3. The van der Waals surface area contributed by atoms with Crippen molar-refractivity contribution >= 4 is 51.8 Å². The lowest BCUT2D eigenvalue weighted by molar-refractivity contribution is -0.129. The average molecular weight is 525 g/mol. The molecule has 1 unspecified atom stereocenters. The lowest BCUT2D eigenvalue weighted by Crippen LogP contribution is -2.46. The SMILES string of the molecule is CCC(=O)N1CCC(NC(=NC)NCCOc2ccc(Br)cc2)C1.I. The molecule has 0 saturated carbocycles. The van der Waals surface area contributed by atoms with Gasteiger partial charge in [-0.15, -0.1) is 24.0 Å². The molecule has 1 aliphatic heterocycles. The Morgan fingerprint density at radius 3 is 2.76 bits per heavy atom. The van der Waals surface area contributed by atoms with Gasteiger partial charge >= 0.3 is 0 Å². The Balaban J connectivity index is 0.00000312. The molecule has 0 aliphatic carbocycles. The van der Waals surface area contributed by atoms with Crippen LogP contribution in [0.25, 0.3) is 0 Å². The first-order valence-corrected chi connectivity index (χ1v) is 9.05. The molecule has 0 radical (unpaired) electrons. The molecule has 1 fully saturated rings. The smallest absolute Gasteiger partial charge is 0.222 e. The lowest BCUT2D eigenvalue weighted by atomic mass is 10.3. The van der Waals surface area contributed by atoms with Gasteiger partial charge in [-0.3, -0.25) is 9.79 Å². The summed E-state index contributed by atoms with van der Waals surface area (Å²) in [4.78, 5) is 17.8. The van der Waals surface area contributed by atoms with Gasteiger partial charge in [0.05, 0.1) is 6.54 Å². The van der Waals surface area contributed by atoms with Crippen molar-refractivity contribution in [2.45, 2.75) is 25.8 Å². The summed E-state index contributed by atoms with van der Waals surface area (Å²) < 4.78 is 6.70. The molecular weight excluding hydrogens is 499 g/mol. The number of ether oxygens (including phenoxy) is 1. The van der Waals surface area contributed by atoms with Gasteiger partial charge in [-0.2, -0.15) is 0 Å². The number of hydrogen-bond donors (Lipinski definition) is 2. The molecule has 6 nitrogen and oxygen atoms in total. The maximum Gasteiger partial charge on any atom is 0.222 e. The third kappa shape index (κ3) is 7.39. The summed E-state index contributed by atoms with van der Waals surface area (Å²) in [5.74, 6) is 1.79. The molecule has 0 bridgehead atoms. The number of amides is 1. The van der Waals surface area contributed by atoms with E-state index >= 15 is 0 Å². The zero-order valence-electron chi connectivity index (χ0n) is 14.6. The number of aliphatic imine (C=N–C) groups is 1. The van der Waals surface area contributed by atoms with Gasteiger partial charge in [-0.05, 0) is 30.7 Å². The van der Waals surface area contributed by atoms with Gasteiger partial charge in [0, 0.05) is 37.1 Å². The summed E-state index contributed by atoms with van der Waals surface area (Å²) in [6.45, 7) is 4.65. The monoisotopic (exact) mass is 524 g/mol. The predicted molar refractivity (Wildman–Crippen MR) is 115 cm³/mol. The van der Waals surface area contributed by atoms with Crippen LogP contribution in [-0.4, -0.2) is 56.1 Å². The highest BCUT2D eigenvalue weighted by Gasteiger charge is 2.25. The maximum atomic E-state index is 11.7. The third-order valence-electron chi connectivity index (χ3n) is 3.88. The minimum absolute atomic E-state index is 0. The van der Waals surface area contributed by atoms with Crippen LogP contribution in [0.5, 0.6) is 5.75 Å². The quantitative estimate of drug-likeness (QED) is 0.260. The number of rotatable bonds is 6. The molecule has 2 N–H and O–H groups in total. The summed E-state index contributed by atoms with van der Waals surface area (Å²) in [5, 5.41) is 6.60. The lowest BCUT2D eigenvalue weighted by Gasteiger charge is -2.18. The Morgan fingerprint density at radius 1 is 1.40 bits per heavy atom. The molecule has 1 amide bonds. The second kappa shape index (κ2) is 11.6. The van der Waals surface area contributed by atoms with E-state index in [0.717, 1.165) is 35.7 Å². The summed E-state index contributed by atoms with van der Waals surface area (Å²) in [5.41, 5.74) is 0. The molecule has 1 aromatic carbocycles.